The summed E-state index contributed by atoms with van der Waals surface area (Å²) in [6.45, 7) is 2.51. The first-order valence-corrected chi connectivity index (χ1v) is 8.72. The van der Waals surface area contributed by atoms with Crippen molar-refractivity contribution in [3.8, 4) is 0 Å². The van der Waals surface area contributed by atoms with Crippen molar-refractivity contribution < 1.29 is 19.5 Å². The Hall–Kier alpha value is -2.90. The fourth-order valence-corrected chi connectivity index (χ4v) is 3.47. The Balaban J connectivity index is 1.55. The molecule has 0 saturated carbocycles. The van der Waals surface area contributed by atoms with Crippen molar-refractivity contribution in [2.24, 2.45) is 5.92 Å². The molecule has 2 atom stereocenters. The van der Waals surface area contributed by atoms with E-state index in [9.17, 15) is 19.5 Å². The molecule has 3 rings (SSSR count). The normalized spacial score (nSPS) is 20.1. The number of carboxylic acids is 1. The SMILES string of the molecule is C[C@@H]1[C@H](C(=O)O)CCCN1C(=O)CCNC(=O)c1n[nH]c2ccccc12. The molecule has 26 heavy (non-hydrogen) atoms. The number of benzene rings is 1. The second-order valence-corrected chi connectivity index (χ2v) is 6.54. The third-order valence-electron chi connectivity index (χ3n) is 4.94. The number of aliphatic carboxylic acids is 1. The number of carbonyl (C=O) groups is 3. The van der Waals surface area contributed by atoms with E-state index in [2.05, 4.69) is 15.5 Å². The van der Waals surface area contributed by atoms with Crippen molar-refractivity contribution >= 4 is 28.7 Å². The largest absolute Gasteiger partial charge is 0.481 e. The van der Waals surface area contributed by atoms with Gasteiger partial charge in [-0.3, -0.25) is 19.5 Å². The van der Waals surface area contributed by atoms with Crippen LogP contribution < -0.4 is 5.32 Å². The maximum Gasteiger partial charge on any atom is 0.308 e. The third-order valence-corrected chi connectivity index (χ3v) is 4.94. The van der Waals surface area contributed by atoms with Crippen molar-refractivity contribution in [3.63, 3.8) is 0 Å². The summed E-state index contributed by atoms with van der Waals surface area (Å²) in [4.78, 5) is 37.6. The molecule has 8 heteroatoms. The summed E-state index contributed by atoms with van der Waals surface area (Å²) in [7, 11) is 0. The molecule has 1 aromatic carbocycles. The molecular weight excluding hydrogens is 336 g/mol. The molecule has 0 spiro atoms. The molecule has 2 aromatic rings. The second kappa shape index (κ2) is 7.55. The Bertz CT molecular complexity index is 831. The van der Waals surface area contributed by atoms with Crippen LogP contribution in [0.3, 0.4) is 0 Å². The van der Waals surface area contributed by atoms with Gasteiger partial charge >= 0.3 is 5.97 Å². The van der Waals surface area contributed by atoms with E-state index >= 15 is 0 Å². The minimum atomic E-state index is -0.867. The van der Waals surface area contributed by atoms with Gasteiger partial charge in [-0.1, -0.05) is 18.2 Å². The molecule has 1 aromatic heterocycles. The highest BCUT2D eigenvalue weighted by Crippen LogP contribution is 2.24. The quantitative estimate of drug-likeness (QED) is 0.747. The zero-order valence-electron chi connectivity index (χ0n) is 14.6. The lowest BCUT2D eigenvalue weighted by Gasteiger charge is -2.37. The van der Waals surface area contributed by atoms with Gasteiger partial charge < -0.3 is 15.3 Å². The number of aromatic amines is 1. The topological polar surface area (TPSA) is 115 Å². The number of amides is 2. The first-order valence-electron chi connectivity index (χ1n) is 8.72. The number of hydrogen-bond donors (Lipinski definition) is 3. The molecule has 138 valence electrons. The second-order valence-electron chi connectivity index (χ2n) is 6.54. The number of nitrogens with one attached hydrogen (secondary N) is 2. The average molecular weight is 358 g/mol. The van der Waals surface area contributed by atoms with Crippen LogP contribution in [0.4, 0.5) is 0 Å². The van der Waals surface area contributed by atoms with Gasteiger partial charge in [-0.2, -0.15) is 5.10 Å². The van der Waals surface area contributed by atoms with Crippen molar-refractivity contribution in [2.45, 2.75) is 32.2 Å². The number of aromatic nitrogens is 2. The lowest BCUT2D eigenvalue weighted by Crippen LogP contribution is -2.49. The van der Waals surface area contributed by atoms with Crippen LogP contribution in [0.15, 0.2) is 24.3 Å². The summed E-state index contributed by atoms with van der Waals surface area (Å²) in [6, 6.07) is 6.99. The van der Waals surface area contributed by atoms with Crippen LogP contribution in [-0.2, 0) is 9.59 Å². The Morgan fingerprint density at radius 3 is 2.88 bits per heavy atom. The monoisotopic (exact) mass is 358 g/mol. The van der Waals surface area contributed by atoms with E-state index < -0.39 is 11.9 Å². The molecule has 1 aliphatic rings. The van der Waals surface area contributed by atoms with Crippen LogP contribution in [0.1, 0.15) is 36.7 Å². The molecule has 1 fully saturated rings. The minimum Gasteiger partial charge on any atom is -0.481 e. The predicted molar refractivity (Wildman–Crippen MR) is 94.6 cm³/mol. The molecule has 2 amide bonds. The summed E-state index contributed by atoms with van der Waals surface area (Å²) in [5, 5.41) is 19.5. The van der Waals surface area contributed by atoms with Crippen molar-refractivity contribution in [2.75, 3.05) is 13.1 Å². The van der Waals surface area contributed by atoms with E-state index in [1.807, 2.05) is 18.2 Å². The van der Waals surface area contributed by atoms with Crippen LogP contribution >= 0.6 is 0 Å². The van der Waals surface area contributed by atoms with Gasteiger partial charge in [0.1, 0.15) is 0 Å². The number of H-pyrrole nitrogens is 1. The van der Waals surface area contributed by atoms with Crippen LogP contribution in [0.5, 0.6) is 0 Å². The minimum absolute atomic E-state index is 0.130. The Kier molecular flexibility index (Phi) is 5.20. The fraction of sp³-hybridized carbons (Fsp3) is 0.444. The number of carboxylic acid groups (broad SMARTS) is 1. The van der Waals surface area contributed by atoms with Crippen molar-refractivity contribution in [3.05, 3.63) is 30.0 Å². The number of para-hydroxylation sites is 1. The number of likely N-dealkylation sites (tertiary alicyclic amines) is 1. The van der Waals surface area contributed by atoms with Crippen molar-refractivity contribution in [1.82, 2.24) is 20.4 Å². The van der Waals surface area contributed by atoms with E-state index in [0.29, 0.717) is 25.1 Å². The third kappa shape index (κ3) is 3.54. The summed E-state index contributed by atoms with van der Waals surface area (Å²) < 4.78 is 0. The first kappa shape index (κ1) is 17.9. The highest BCUT2D eigenvalue weighted by molar-refractivity contribution is 6.04. The van der Waals surface area contributed by atoms with Crippen molar-refractivity contribution in [1.29, 1.82) is 0 Å². The number of piperidine rings is 1. The summed E-state index contributed by atoms with van der Waals surface area (Å²) in [6.07, 6.45) is 1.40. The van der Waals surface area contributed by atoms with Crippen LogP contribution in [-0.4, -0.2) is 57.1 Å². The van der Waals surface area contributed by atoms with Crippen LogP contribution in [0, 0.1) is 5.92 Å². The van der Waals surface area contributed by atoms with E-state index in [1.54, 1.807) is 17.9 Å². The maximum atomic E-state index is 12.4. The molecule has 3 N–H and O–H groups in total. The highest BCUT2D eigenvalue weighted by Gasteiger charge is 2.34. The smallest absolute Gasteiger partial charge is 0.308 e. The van der Waals surface area contributed by atoms with Gasteiger partial charge in [-0.05, 0) is 25.8 Å². The van der Waals surface area contributed by atoms with E-state index in [0.717, 1.165) is 10.9 Å². The molecule has 0 bridgehead atoms. The first-order chi connectivity index (χ1) is 12.5. The zero-order valence-corrected chi connectivity index (χ0v) is 14.6. The average Bonchev–Trinajstić information content (AvgIpc) is 3.05. The summed E-state index contributed by atoms with van der Waals surface area (Å²) in [5.41, 5.74) is 1.07. The van der Waals surface area contributed by atoms with Crippen LogP contribution in [0.2, 0.25) is 0 Å². The van der Waals surface area contributed by atoms with Gasteiger partial charge in [0.05, 0.1) is 11.4 Å². The van der Waals surface area contributed by atoms with E-state index in [1.165, 1.54) is 0 Å². The number of carbonyl (C=O) groups excluding carboxylic acids is 2. The zero-order chi connectivity index (χ0) is 18.7. The van der Waals surface area contributed by atoms with Gasteiger partial charge in [0.25, 0.3) is 5.91 Å². The number of nitrogens with zero attached hydrogens (tertiary/aromatic N) is 2. The predicted octanol–water partition coefficient (Wildman–Crippen LogP) is 1.39. The van der Waals surface area contributed by atoms with E-state index in [4.69, 9.17) is 0 Å². The molecule has 1 aliphatic heterocycles. The Labute approximate surface area is 150 Å². The van der Waals surface area contributed by atoms with Gasteiger partial charge in [0.15, 0.2) is 5.69 Å². The lowest BCUT2D eigenvalue weighted by atomic mass is 9.90. The highest BCUT2D eigenvalue weighted by atomic mass is 16.4. The summed E-state index contributed by atoms with van der Waals surface area (Å²) in [5.74, 6) is -1.88. The molecule has 0 radical (unpaired) electrons. The van der Waals surface area contributed by atoms with Crippen LogP contribution in [0.25, 0.3) is 10.9 Å². The molecular formula is C18H22N4O4. The van der Waals surface area contributed by atoms with Gasteiger partial charge in [0, 0.05) is 30.9 Å². The lowest BCUT2D eigenvalue weighted by molar-refractivity contribution is -0.149. The number of hydrogen-bond acceptors (Lipinski definition) is 4. The molecule has 2 heterocycles. The number of rotatable bonds is 5. The van der Waals surface area contributed by atoms with Gasteiger partial charge in [-0.25, -0.2) is 0 Å². The number of fused-ring (bicyclic) bond motifs is 1. The Morgan fingerprint density at radius 1 is 1.35 bits per heavy atom. The standard InChI is InChI=1S/C18H22N4O4/c1-11-12(18(25)26)6-4-10-22(11)15(23)8-9-19-17(24)16-13-5-2-3-7-14(13)20-21-16/h2-3,5,7,11-12H,4,6,8-10H2,1H3,(H,19,24)(H,20,21)(H,25,26)/t11-,12-/m1/s1. The molecule has 0 aliphatic carbocycles. The molecule has 8 nitrogen and oxygen atoms in total. The maximum absolute atomic E-state index is 12.4. The fourth-order valence-electron chi connectivity index (χ4n) is 3.47. The van der Waals surface area contributed by atoms with Gasteiger partial charge in [0.2, 0.25) is 5.91 Å². The Morgan fingerprint density at radius 2 is 2.12 bits per heavy atom. The summed E-state index contributed by atoms with van der Waals surface area (Å²) >= 11 is 0. The van der Waals surface area contributed by atoms with E-state index in [-0.39, 0.29) is 30.8 Å². The molecule has 1 saturated heterocycles. The molecule has 0 unspecified atom stereocenters. The van der Waals surface area contributed by atoms with Gasteiger partial charge in [-0.15, -0.1) is 0 Å².